The summed E-state index contributed by atoms with van der Waals surface area (Å²) in [4.78, 5) is 48.5. The number of amidine groups is 1. The number of hydrogen-bond acceptors (Lipinski definition) is 7. The molecule has 2 heterocycles. The number of imidazole rings is 1. The minimum Gasteiger partial charge on any atom is -0.384 e. The van der Waals surface area contributed by atoms with E-state index in [1.807, 2.05) is 0 Å². The summed E-state index contributed by atoms with van der Waals surface area (Å²) in [5, 5.41) is 9.94. The van der Waals surface area contributed by atoms with Gasteiger partial charge in [-0.3, -0.25) is 14.4 Å². The van der Waals surface area contributed by atoms with Crippen molar-refractivity contribution in [1.29, 1.82) is 0 Å². The van der Waals surface area contributed by atoms with Gasteiger partial charge in [0.15, 0.2) is 11.6 Å². The minimum absolute atomic E-state index is 0.0196. The number of fused-ring (bicyclic) bond motifs is 1. The second-order valence-corrected chi connectivity index (χ2v) is 10.4. The fourth-order valence-electron chi connectivity index (χ4n) is 3.51. The van der Waals surface area contributed by atoms with Gasteiger partial charge in [-0.25, -0.2) is 4.98 Å². The maximum Gasteiger partial charge on any atom is 0.284 e. The molecule has 0 aliphatic rings. The Labute approximate surface area is 211 Å². The molecule has 12 heteroatoms. The van der Waals surface area contributed by atoms with Crippen LogP contribution in [0.3, 0.4) is 0 Å². The second-order valence-electron chi connectivity index (χ2n) is 8.78. The third-order valence-electron chi connectivity index (χ3n) is 5.53. The van der Waals surface area contributed by atoms with E-state index in [-0.39, 0.29) is 21.8 Å². The third kappa shape index (κ3) is 5.39. The molecule has 5 N–H and O–H groups in total. The van der Waals surface area contributed by atoms with Gasteiger partial charge in [0.05, 0.1) is 15.9 Å². The topological polar surface area (TPSA) is 188 Å². The lowest BCUT2D eigenvalue weighted by Gasteiger charge is -2.16. The van der Waals surface area contributed by atoms with Crippen LogP contribution in [0.5, 0.6) is 0 Å². The van der Waals surface area contributed by atoms with Gasteiger partial charge in [-0.2, -0.15) is 8.42 Å². The summed E-state index contributed by atoms with van der Waals surface area (Å²) in [5.41, 5.74) is 4.37. The Kier molecular flexibility index (Phi) is 6.63. The molecule has 0 fully saturated rings. The molecule has 1 unspecified atom stereocenters. The van der Waals surface area contributed by atoms with Crippen molar-refractivity contribution >= 4 is 38.5 Å². The quantitative estimate of drug-likeness (QED) is 0.117. The standard InChI is InChI=1S/C25H23N5O6S/c1-25(2,34)24(26)30-37(35,36)16-7-5-6-14(12-16)21(32)20(22(33)15-10-11-27-19(31)13-15)23-28-17-8-3-4-9-18(17)29-23/h3-13,20,34H,1-2H3,(H2,26,30)(H,27,31)(H,28,29). The van der Waals surface area contributed by atoms with Crippen LogP contribution in [-0.2, 0) is 10.0 Å². The number of para-hydroxylation sites is 2. The molecule has 4 aromatic rings. The largest absolute Gasteiger partial charge is 0.384 e. The molecule has 2 aromatic heterocycles. The molecule has 0 saturated carbocycles. The molecule has 4 rings (SSSR count). The number of aliphatic hydroxyl groups is 1. The van der Waals surface area contributed by atoms with E-state index < -0.39 is 44.5 Å². The highest BCUT2D eigenvalue weighted by atomic mass is 32.2. The average molecular weight is 522 g/mol. The summed E-state index contributed by atoms with van der Waals surface area (Å²) >= 11 is 0. The zero-order chi connectivity index (χ0) is 27.0. The van der Waals surface area contributed by atoms with E-state index in [2.05, 4.69) is 19.3 Å². The van der Waals surface area contributed by atoms with E-state index in [1.165, 1.54) is 44.3 Å². The smallest absolute Gasteiger partial charge is 0.284 e. The van der Waals surface area contributed by atoms with Crippen molar-refractivity contribution in [1.82, 2.24) is 15.0 Å². The van der Waals surface area contributed by atoms with Crippen LogP contribution >= 0.6 is 0 Å². The molecular weight excluding hydrogens is 498 g/mol. The van der Waals surface area contributed by atoms with Gasteiger partial charge in [-0.1, -0.05) is 24.3 Å². The Balaban J connectivity index is 1.82. The van der Waals surface area contributed by atoms with Crippen LogP contribution in [0.25, 0.3) is 11.0 Å². The average Bonchev–Trinajstić information content (AvgIpc) is 3.27. The lowest BCUT2D eigenvalue weighted by molar-refractivity contribution is 0.0856. The number of pyridine rings is 1. The number of aromatic nitrogens is 3. The summed E-state index contributed by atoms with van der Waals surface area (Å²) < 4.78 is 29.1. The van der Waals surface area contributed by atoms with E-state index in [0.29, 0.717) is 11.0 Å². The van der Waals surface area contributed by atoms with Crippen molar-refractivity contribution in [3.63, 3.8) is 0 Å². The normalized spacial score (nSPS) is 13.4. The fourth-order valence-corrected chi connectivity index (χ4v) is 4.63. The fraction of sp³-hybridized carbons (Fsp3) is 0.160. The Morgan fingerprint density at radius 1 is 1.03 bits per heavy atom. The summed E-state index contributed by atoms with van der Waals surface area (Å²) in [6.07, 6.45) is 1.29. The number of rotatable bonds is 8. The molecule has 0 aliphatic heterocycles. The lowest BCUT2D eigenvalue weighted by Crippen LogP contribution is -2.38. The van der Waals surface area contributed by atoms with E-state index >= 15 is 0 Å². The molecule has 2 aromatic carbocycles. The van der Waals surface area contributed by atoms with Gasteiger partial charge in [-0.05, 0) is 44.2 Å². The van der Waals surface area contributed by atoms with E-state index in [9.17, 15) is 27.9 Å². The van der Waals surface area contributed by atoms with Crippen molar-refractivity contribution in [3.8, 4) is 0 Å². The van der Waals surface area contributed by atoms with Crippen molar-refractivity contribution in [3.05, 3.63) is 94.2 Å². The molecule has 0 saturated heterocycles. The number of nitrogens with two attached hydrogens (primary N) is 1. The first-order valence-corrected chi connectivity index (χ1v) is 12.5. The zero-order valence-corrected chi connectivity index (χ0v) is 20.6. The molecule has 0 amide bonds. The van der Waals surface area contributed by atoms with Gasteiger partial charge in [0.1, 0.15) is 23.2 Å². The molecule has 11 nitrogen and oxygen atoms in total. The number of nitrogens with one attached hydrogen (secondary N) is 2. The first kappa shape index (κ1) is 25.7. The number of aromatic amines is 2. The van der Waals surface area contributed by atoms with Crippen molar-refractivity contribution in [2.75, 3.05) is 0 Å². The molecule has 0 bridgehead atoms. The number of ketones is 2. The molecule has 0 aliphatic carbocycles. The van der Waals surface area contributed by atoms with Crippen molar-refractivity contribution in [2.24, 2.45) is 10.1 Å². The number of H-pyrrole nitrogens is 2. The van der Waals surface area contributed by atoms with Gasteiger partial charge in [0.2, 0.25) is 5.56 Å². The van der Waals surface area contributed by atoms with Gasteiger partial charge in [-0.15, -0.1) is 4.40 Å². The van der Waals surface area contributed by atoms with Crippen LogP contribution in [0.1, 0.15) is 46.3 Å². The lowest BCUT2D eigenvalue weighted by atomic mass is 9.89. The van der Waals surface area contributed by atoms with Gasteiger partial charge < -0.3 is 20.8 Å². The summed E-state index contributed by atoms with van der Waals surface area (Å²) in [7, 11) is -4.39. The number of carbonyl (C=O) groups is 2. The first-order chi connectivity index (χ1) is 17.4. The number of nitrogens with zero attached hydrogens (tertiary/aromatic N) is 2. The van der Waals surface area contributed by atoms with Gasteiger partial charge in [0, 0.05) is 23.4 Å². The van der Waals surface area contributed by atoms with Crippen LogP contribution in [0.15, 0.2) is 80.9 Å². The van der Waals surface area contributed by atoms with Gasteiger partial charge in [0.25, 0.3) is 10.0 Å². The van der Waals surface area contributed by atoms with Crippen LogP contribution in [0.4, 0.5) is 0 Å². The van der Waals surface area contributed by atoms with Crippen LogP contribution in [0, 0.1) is 0 Å². The molecule has 0 radical (unpaired) electrons. The highest BCUT2D eigenvalue weighted by Gasteiger charge is 2.34. The highest BCUT2D eigenvalue weighted by molar-refractivity contribution is 7.90. The number of carbonyl (C=O) groups excluding carboxylic acids is 2. The summed E-state index contributed by atoms with van der Waals surface area (Å²) in [5.74, 6) is -3.45. The summed E-state index contributed by atoms with van der Waals surface area (Å²) in [6.45, 7) is 2.55. The molecule has 1 atom stereocenters. The number of hydrogen-bond donors (Lipinski definition) is 4. The predicted molar refractivity (Wildman–Crippen MR) is 136 cm³/mol. The van der Waals surface area contributed by atoms with Gasteiger partial charge >= 0.3 is 0 Å². The zero-order valence-electron chi connectivity index (χ0n) is 19.8. The molecular formula is C25H23N5O6S. The predicted octanol–water partition coefficient (Wildman–Crippen LogP) is 1.92. The molecule has 0 spiro atoms. The summed E-state index contributed by atoms with van der Waals surface area (Å²) in [6, 6.07) is 14.3. The number of benzene rings is 2. The Hall–Kier alpha value is -4.42. The maximum absolute atomic E-state index is 13.7. The monoisotopic (exact) mass is 521 g/mol. The third-order valence-corrected chi connectivity index (χ3v) is 6.81. The van der Waals surface area contributed by atoms with E-state index in [0.717, 1.165) is 12.1 Å². The van der Waals surface area contributed by atoms with Crippen LogP contribution < -0.4 is 11.3 Å². The molecule has 190 valence electrons. The SMILES string of the molecule is CC(C)(O)C(N)=NS(=O)(=O)c1cccc(C(=O)C(C(=O)c2cc[nH]c(=O)c2)c2nc3ccccc3[nH]2)c1. The highest BCUT2D eigenvalue weighted by Crippen LogP contribution is 2.27. The Bertz CT molecular complexity index is 1680. The molecule has 37 heavy (non-hydrogen) atoms. The Morgan fingerprint density at radius 2 is 1.70 bits per heavy atom. The number of sulfonamides is 1. The minimum atomic E-state index is -4.39. The number of Topliss-reactive ketones (excluding diaryl/α,β-unsaturated/α-hetero) is 2. The maximum atomic E-state index is 13.7. The van der Waals surface area contributed by atoms with Crippen molar-refractivity contribution in [2.45, 2.75) is 30.3 Å². The van der Waals surface area contributed by atoms with Crippen LogP contribution in [-0.4, -0.2) is 51.5 Å². The Morgan fingerprint density at radius 3 is 2.35 bits per heavy atom. The van der Waals surface area contributed by atoms with Crippen molar-refractivity contribution < 1.29 is 23.1 Å². The van der Waals surface area contributed by atoms with E-state index in [4.69, 9.17) is 5.73 Å². The van der Waals surface area contributed by atoms with Crippen LogP contribution in [0.2, 0.25) is 0 Å². The first-order valence-electron chi connectivity index (χ1n) is 11.0. The van der Waals surface area contributed by atoms with E-state index in [1.54, 1.807) is 24.3 Å². The second kappa shape index (κ2) is 9.56.